The van der Waals surface area contributed by atoms with Crippen LogP contribution in [-0.4, -0.2) is 36.0 Å². The second kappa shape index (κ2) is 5.51. The molecule has 2 unspecified atom stereocenters. The molecule has 2 saturated heterocycles. The summed E-state index contributed by atoms with van der Waals surface area (Å²) in [5.41, 5.74) is 2.93. The van der Waals surface area contributed by atoms with Crippen LogP contribution in [0.15, 0.2) is 53.2 Å². The molecule has 2 atom stereocenters. The van der Waals surface area contributed by atoms with Gasteiger partial charge in [-0.15, -0.1) is 0 Å². The monoisotopic (exact) mass is 300 g/mol. The summed E-state index contributed by atoms with van der Waals surface area (Å²) in [5.74, 6) is 1.47. The number of rotatable bonds is 2. The Balaban J connectivity index is 1.50. The van der Waals surface area contributed by atoms with E-state index in [4.69, 9.17) is 11.6 Å². The van der Waals surface area contributed by atoms with Crippen molar-refractivity contribution < 1.29 is 0 Å². The Morgan fingerprint density at radius 2 is 1.90 bits per heavy atom. The van der Waals surface area contributed by atoms with Crippen LogP contribution in [-0.2, 0) is 6.54 Å². The van der Waals surface area contributed by atoms with Crippen molar-refractivity contribution in [2.24, 2.45) is 11.8 Å². The summed E-state index contributed by atoms with van der Waals surface area (Å²) < 4.78 is 0. The predicted octanol–water partition coefficient (Wildman–Crippen LogP) is 3.46. The summed E-state index contributed by atoms with van der Waals surface area (Å²) >= 11 is 6.19. The number of fused-ring (bicyclic) bond motifs is 4. The molecule has 2 nitrogen and oxygen atoms in total. The van der Waals surface area contributed by atoms with E-state index in [0.717, 1.165) is 30.6 Å². The van der Waals surface area contributed by atoms with Gasteiger partial charge in [0.15, 0.2) is 0 Å². The molecule has 1 aromatic carbocycles. The third-order valence-corrected chi connectivity index (χ3v) is 5.15. The second-order valence-electron chi connectivity index (χ2n) is 6.56. The van der Waals surface area contributed by atoms with Crippen molar-refractivity contribution in [3.05, 3.63) is 58.8 Å². The molecule has 3 aliphatic heterocycles. The molecule has 4 rings (SSSR count). The maximum atomic E-state index is 6.19. The minimum absolute atomic E-state index is 0.683. The quantitative estimate of drug-likeness (QED) is 0.825. The molecule has 2 fully saturated rings. The van der Waals surface area contributed by atoms with Crippen molar-refractivity contribution in [3.8, 4) is 0 Å². The van der Waals surface area contributed by atoms with Gasteiger partial charge in [-0.2, -0.15) is 0 Å². The third-order valence-electron chi connectivity index (χ3n) is 4.90. The molecular formula is C18H21ClN2. The SMILES string of the molecule is ClC1=CC=C2C3CC(CN(Cc4ccccc4)C3)CN2C1. The lowest BCUT2D eigenvalue weighted by Crippen LogP contribution is -2.51. The van der Waals surface area contributed by atoms with E-state index in [-0.39, 0.29) is 0 Å². The molecule has 2 bridgehead atoms. The molecule has 0 radical (unpaired) electrons. The maximum absolute atomic E-state index is 6.19. The van der Waals surface area contributed by atoms with E-state index in [1.165, 1.54) is 30.8 Å². The minimum Gasteiger partial charge on any atom is -0.369 e. The van der Waals surface area contributed by atoms with Gasteiger partial charge in [-0.25, -0.2) is 0 Å². The standard InChI is InChI=1S/C18H21ClN2/c19-17-6-7-18-16-8-15(11-21(18)13-17)10-20(12-16)9-14-4-2-1-3-5-14/h1-7,15-16H,8-13H2. The fourth-order valence-corrected chi connectivity index (χ4v) is 4.31. The van der Waals surface area contributed by atoms with Crippen LogP contribution < -0.4 is 0 Å². The van der Waals surface area contributed by atoms with Crippen LogP contribution in [0.3, 0.4) is 0 Å². The average Bonchev–Trinajstić information content (AvgIpc) is 2.47. The largest absolute Gasteiger partial charge is 0.369 e. The molecule has 3 heterocycles. The Hall–Kier alpha value is -1.25. The number of hydrogen-bond acceptors (Lipinski definition) is 2. The van der Waals surface area contributed by atoms with Crippen LogP contribution in [0.2, 0.25) is 0 Å². The Morgan fingerprint density at radius 1 is 1.05 bits per heavy atom. The fourth-order valence-electron chi connectivity index (χ4n) is 4.10. The van der Waals surface area contributed by atoms with Crippen molar-refractivity contribution in [3.63, 3.8) is 0 Å². The summed E-state index contributed by atoms with van der Waals surface area (Å²) in [5, 5.41) is 0.972. The Kier molecular flexibility index (Phi) is 3.52. The van der Waals surface area contributed by atoms with Gasteiger partial charge in [0.2, 0.25) is 0 Å². The van der Waals surface area contributed by atoms with E-state index in [2.05, 4.69) is 52.3 Å². The van der Waals surface area contributed by atoms with Gasteiger partial charge in [-0.3, -0.25) is 4.90 Å². The molecule has 3 aliphatic rings. The Morgan fingerprint density at radius 3 is 2.76 bits per heavy atom. The number of nitrogens with zero attached hydrogens (tertiary/aromatic N) is 2. The molecule has 3 heteroatoms. The van der Waals surface area contributed by atoms with Crippen LogP contribution in [0.5, 0.6) is 0 Å². The van der Waals surface area contributed by atoms with Crippen molar-refractivity contribution in [2.45, 2.75) is 13.0 Å². The highest BCUT2D eigenvalue weighted by molar-refractivity contribution is 6.30. The van der Waals surface area contributed by atoms with Gasteiger partial charge in [0, 0.05) is 42.8 Å². The topological polar surface area (TPSA) is 6.48 Å². The highest BCUT2D eigenvalue weighted by Crippen LogP contribution is 2.38. The van der Waals surface area contributed by atoms with Crippen LogP contribution in [0.4, 0.5) is 0 Å². The smallest absolute Gasteiger partial charge is 0.0533 e. The number of likely N-dealkylation sites (tertiary alicyclic amines) is 1. The highest BCUT2D eigenvalue weighted by Gasteiger charge is 2.37. The molecule has 110 valence electrons. The van der Waals surface area contributed by atoms with Gasteiger partial charge >= 0.3 is 0 Å². The number of piperidine rings is 2. The van der Waals surface area contributed by atoms with E-state index >= 15 is 0 Å². The zero-order valence-electron chi connectivity index (χ0n) is 12.2. The van der Waals surface area contributed by atoms with E-state index in [1.807, 2.05) is 0 Å². The Bertz CT molecular complexity index is 578. The summed E-state index contributed by atoms with van der Waals surface area (Å²) in [6, 6.07) is 10.8. The molecule has 0 saturated carbocycles. The number of hydrogen-bond donors (Lipinski definition) is 0. The second-order valence-corrected chi connectivity index (χ2v) is 7.05. The lowest BCUT2D eigenvalue weighted by Gasteiger charge is -2.49. The zero-order chi connectivity index (χ0) is 14.2. The molecule has 0 N–H and O–H groups in total. The van der Waals surface area contributed by atoms with Gasteiger partial charge in [-0.05, 0) is 30.1 Å². The molecule has 0 aliphatic carbocycles. The summed E-state index contributed by atoms with van der Waals surface area (Å²) in [6.07, 6.45) is 5.68. The number of allylic oxidation sites excluding steroid dienone is 2. The number of halogens is 1. The van der Waals surface area contributed by atoms with Crippen molar-refractivity contribution in [1.82, 2.24) is 9.80 Å². The first-order valence-electron chi connectivity index (χ1n) is 7.85. The molecule has 0 aromatic heterocycles. The predicted molar refractivity (Wildman–Crippen MR) is 86.9 cm³/mol. The summed E-state index contributed by atoms with van der Waals surface area (Å²) in [4.78, 5) is 5.13. The first kappa shape index (κ1) is 13.4. The van der Waals surface area contributed by atoms with Gasteiger partial charge < -0.3 is 4.90 Å². The Labute approximate surface area is 131 Å². The van der Waals surface area contributed by atoms with Crippen LogP contribution in [0.1, 0.15) is 12.0 Å². The van der Waals surface area contributed by atoms with Gasteiger partial charge in [0.25, 0.3) is 0 Å². The average molecular weight is 301 g/mol. The van der Waals surface area contributed by atoms with Crippen molar-refractivity contribution in [1.29, 1.82) is 0 Å². The zero-order valence-corrected chi connectivity index (χ0v) is 13.0. The van der Waals surface area contributed by atoms with Crippen LogP contribution in [0, 0.1) is 11.8 Å². The van der Waals surface area contributed by atoms with Gasteiger partial charge in [0.05, 0.1) is 6.54 Å². The third kappa shape index (κ3) is 2.75. The lowest BCUT2D eigenvalue weighted by molar-refractivity contribution is 0.0642. The lowest BCUT2D eigenvalue weighted by atomic mass is 9.81. The summed E-state index contributed by atoms with van der Waals surface area (Å²) in [7, 11) is 0. The minimum atomic E-state index is 0.683. The van der Waals surface area contributed by atoms with E-state index in [1.54, 1.807) is 0 Å². The van der Waals surface area contributed by atoms with E-state index < -0.39 is 0 Å². The van der Waals surface area contributed by atoms with E-state index in [9.17, 15) is 0 Å². The molecule has 21 heavy (non-hydrogen) atoms. The maximum Gasteiger partial charge on any atom is 0.0533 e. The molecule has 0 amide bonds. The van der Waals surface area contributed by atoms with Crippen molar-refractivity contribution in [2.75, 3.05) is 26.2 Å². The molecular weight excluding hydrogens is 280 g/mol. The fraction of sp³-hybridized carbons (Fsp3) is 0.444. The van der Waals surface area contributed by atoms with Gasteiger partial charge in [-0.1, -0.05) is 41.9 Å². The number of benzene rings is 1. The first-order chi connectivity index (χ1) is 10.3. The molecule has 1 aromatic rings. The first-order valence-corrected chi connectivity index (χ1v) is 8.23. The van der Waals surface area contributed by atoms with Crippen LogP contribution >= 0.6 is 11.6 Å². The normalized spacial score (nSPS) is 28.7. The van der Waals surface area contributed by atoms with Crippen molar-refractivity contribution >= 4 is 11.6 Å². The highest BCUT2D eigenvalue weighted by atomic mass is 35.5. The molecule has 0 spiro atoms. The van der Waals surface area contributed by atoms with Gasteiger partial charge in [0.1, 0.15) is 0 Å². The van der Waals surface area contributed by atoms with Crippen LogP contribution in [0.25, 0.3) is 0 Å². The van der Waals surface area contributed by atoms with E-state index in [0.29, 0.717) is 5.92 Å². The summed E-state index contributed by atoms with van der Waals surface area (Å²) in [6.45, 7) is 5.56.